The van der Waals surface area contributed by atoms with Crippen molar-refractivity contribution in [3.63, 3.8) is 0 Å². The van der Waals surface area contributed by atoms with Gasteiger partial charge in [0.1, 0.15) is 0 Å². The number of aromatic nitrogens is 2. The summed E-state index contributed by atoms with van der Waals surface area (Å²) in [6.07, 6.45) is 1.79. The molecule has 8 heteroatoms. The molecule has 26 heavy (non-hydrogen) atoms. The van der Waals surface area contributed by atoms with Gasteiger partial charge in [0.25, 0.3) is 5.91 Å². The number of nitrogens with zero attached hydrogens (tertiary/aromatic N) is 3. The summed E-state index contributed by atoms with van der Waals surface area (Å²) in [4.78, 5) is 19.1. The number of carbonyl (C=O) groups is 1. The fourth-order valence-electron chi connectivity index (χ4n) is 3.23. The minimum atomic E-state index is -0.0924. The Hall–Kier alpha value is -2.77. The van der Waals surface area contributed by atoms with Gasteiger partial charge in [-0.15, -0.1) is 0 Å². The van der Waals surface area contributed by atoms with E-state index in [2.05, 4.69) is 10.1 Å². The van der Waals surface area contributed by atoms with Crippen LogP contribution in [0.3, 0.4) is 0 Å². The van der Waals surface area contributed by atoms with E-state index >= 15 is 0 Å². The molecule has 2 aromatic rings. The van der Waals surface area contributed by atoms with Gasteiger partial charge in [0.15, 0.2) is 17.3 Å². The van der Waals surface area contributed by atoms with Crippen molar-refractivity contribution < 1.29 is 23.5 Å². The zero-order valence-electron chi connectivity index (χ0n) is 15.4. The molecule has 0 bridgehead atoms. The highest BCUT2D eigenvalue weighted by molar-refractivity contribution is 5.95. The molecular formula is C18H23N3O5. The SMILES string of the molecule is COc1cc(C(=O)N2CCCC(c3nc(C)no3)C2)cc(OC)c1OC. The maximum atomic E-state index is 13.0. The molecule has 3 rings (SSSR count). The van der Waals surface area contributed by atoms with E-state index in [1.165, 1.54) is 21.3 Å². The van der Waals surface area contributed by atoms with Gasteiger partial charge >= 0.3 is 0 Å². The molecule has 1 aromatic carbocycles. The molecule has 1 atom stereocenters. The van der Waals surface area contributed by atoms with E-state index in [0.717, 1.165) is 12.8 Å². The molecule has 1 aliphatic heterocycles. The average molecular weight is 361 g/mol. The van der Waals surface area contributed by atoms with E-state index in [1.54, 1.807) is 24.0 Å². The van der Waals surface area contributed by atoms with Crippen molar-refractivity contribution in [3.05, 3.63) is 29.4 Å². The summed E-state index contributed by atoms with van der Waals surface area (Å²) in [5.41, 5.74) is 0.488. The van der Waals surface area contributed by atoms with Crippen LogP contribution in [0.2, 0.25) is 0 Å². The highest BCUT2D eigenvalue weighted by Crippen LogP contribution is 2.39. The molecule has 1 unspecified atom stereocenters. The molecule has 1 saturated heterocycles. The van der Waals surface area contributed by atoms with Crippen molar-refractivity contribution in [2.24, 2.45) is 0 Å². The van der Waals surface area contributed by atoms with Crippen LogP contribution in [0.25, 0.3) is 0 Å². The Morgan fingerprint density at radius 1 is 1.19 bits per heavy atom. The Balaban J connectivity index is 1.84. The Labute approximate surface area is 152 Å². The predicted octanol–water partition coefficient (Wildman–Crippen LogP) is 2.42. The van der Waals surface area contributed by atoms with Gasteiger partial charge in [-0.1, -0.05) is 5.16 Å². The number of carbonyl (C=O) groups excluding carboxylic acids is 1. The van der Waals surface area contributed by atoms with E-state index in [-0.39, 0.29) is 11.8 Å². The first-order chi connectivity index (χ1) is 12.6. The maximum absolute atomic E-state index is 13.0. The van der Waals surface area contributed by atoms with Crippen LogP contribution in [-0.4, -0.2) is 55.4 Å². The molecule has 1 aromatic heterocycles. The highest BCUT2D eigenvalue weighted by Gasteiger charge is 2.29. The summed E-state index contributed by atoms with van der Waals surface area (Å²) >= 11 is 0. The molecule has 8 nitrogen and oxygen atoms in total. The van der Waals surface area contributed by atoms with E-state index < -0.39 is 0 Å². The van der Waals surface area contributed by atoms with Gasteiger partial charge in [-0.2, -0.15) is 4.98 Å². The molecule has 2 heterocycles. The van der Waals surface area contributed by atoms with Crippen molar-refractivity contribution in [3.8, 4) is 17.2 Å². The van der Waals surface area contributed by atoms with E-state index in [0.29, 0.717) is 47.6 Å². The van der Waals surface area contributed by atoms with Crippen LogP contribution in [-0.2, 0) is 0 Å². The van der Waals surface area contributed by atoms with Gasteiger partial charge in [0.05, 0.1) is 27.2 Å². The number of hydrogen-bond acceptors (Lipinski definition) is 7. The number of amides is 1. The summed E-state index contributed by atoms with van der Waals surface area (Å²) in [7, 11) is 4.59. The summed E-state index contributed by atoms with van der Waals surface area (Å²) in [6, 6.07) is 3.34. The largest absolute Gasteiger partial charge is 0.493 e. The van der Waals surface area contributed by atoms with Crippen molar-refractivity contribution in [1.29, 1.82) is 0 Å². The fourth-order valence-corrected chi connectivity index (χ4v) is 3.23. The molecule has 140 valence electrons. The Morgan fingerprint density at radius 3 is 2.42 bits per heavy atom. The summed E-state index contributed by atoms with van der Waals surface area (Å²) in [5.74, 6) is 2.52. The lowest BCUT2D eigenvalue weighted by atomic mass is 9.97. The van der Waals surface area contributed by atoms with Gasteiger partial charge < -0.3 is 23.6 Å². The van der Waals surface area contributed by atoms with Crippen LogP contribution in [0.15, 0.2) is 16.7 Å². The zero-order valence-corrected chi connectivity index (χ0v) is 15.4. The third-order valence-corrected chi connectivity index (χ3v) is 4.51. The van der Waals surface area contributed by atoms with Gasteiger partial charge in [-0.05, 0) is 31.9 Å². The smallest absolute Gasteiger partial charge is 0.254 e. The van der Waals surface area contributed by atoms with Gasteiger partial charge in [0.2, 0.25) is 11.6 Å². The third-order valence-electron chi connectivity index (χ3n) is 4.51. The summed E-state index contributed by atoms with van der Waals surface area (Å²) in [5, 5.41) is 3.85. The molecule has 1 amide bonds. The third kappa shape index (κ3) is 3.44. The topological polar surface area (TPSA) is 86.9 Å². The second-order valence-corrected chi connectivity index (χ2v) is 6.18. The standard InChI is InChI=1S/C18H23N3O5/c1-11-19-17(26-20-11)12-6-5-7-21(10-12)18(22)13-8-14(23-2)16(25-4)15(9-13)24-3/h8-9,12H,5-7,10H2,1-4H3. The number of ether oxygens (including phenoxy) is 3. The lowest BCUT2D eigenvalue weighted by Gasteiger charge is -2.31. The van der Waals surface area contributed by atoms with E-state index in [1.807, 2.05) is 0 Å². The van der Waals surface area contributed by atoms with Crippen LogP contribution in [0.5, 0.6) is 17.2 Å². The molecule has 0 spiro atoms. The van der Waals surface area contributed by atoms with E-state index in [4.69, 9.17) is 18.7 Å². The first kappa shape index (κ1) is 18.0. The summed E-state index contributed by atoms with van der Waals surface area (Å²) in [6.45, 7) is 3.00. The quantitative estimate of drug-likeness (QED) is 0.808. The van der Waals surface area contributed by atoms with Crippen LogP contribution < -0.4 is 14.2 Å². The van der Waals surface area contributed by atoms with Crippen LogP contribution in [0, 0.1) is 6.92 Å². The minimum Gasteiger partial charge on any atom is -0.493 e. The number of benzene rings is 1. The average Bonchev–Trinajstić information content (AvgIpc) is 3.12. The first-order valence-corrected chi connectivity index (χ1v) is 8.46. The first-order valence-electron chi connectivity index (χ1n) is 8.46. The van der Waals surface area contributed by atoms with Gasteiger partial charge in [0, 0.05) is 18.7 Å². The number of methoxy groups -OCH3 is 3. The molecule has 0 saturated carbocycles. The molecule has 0 aliphatic carbocycles. The summed E-state index contributed by atoms with van der Waals surface area (Å²) < 4.78 is 21.3. The Morgan fingerprint density at radius 2 is 1.88 bits per heavy atom. The molecule has 1 fully saturated rings. The monoisotopic (exact) mass is 361 g/mol. The molecular weight excluding hydrogens is 338 g/mol. The number of likely N-dealkylation sites (tertiary alicyclic amines) is 1. The van der Waals surface area contributed by atoms with Crippen molar-refractivity contribution in [1.82, 2.24) is 15.0 Å². The van der Waals surface area contributed by atoms with Crippen molar-refractivity contribution in [2.75, 3.05) is 34.4 Å². The minimum absolute atomic E-state index is 0.0518. The zero-order chi connectivity index (χ0) is 18.7. The predicted molar refractivity (Wildman–Crippen MR) is 93.0 cm³/mol. The Bertz CT molecular complexity index is 764. The Kier molecular flexibility index (Phi) is 5.29. The second-order valence-electron chi connectivity index (χ2n) is 6.18. The lowest BCUT2D eigenvalue weighted by Crippen LogP contribution is -2.39. The van der Waals surface area contributed by atoms with Crippen LogP contribution >= 0.6 is 0 Å². The maximum Gasteiger partial charge on any atom is 0.254 e. The van der Waals surface area contributed by atoms with Crippen molar-refractivity contribution in [2.45, 2.75) is 25.7 Å². The second kappa shape index (κ2) is 7.63. The lowest BCUT2D eigenvalue weighted by molar-refractivity contribution is 0.0695. The van der Waals surface area contributed by atoms with Crippen molar-refractivity contribution >= 4 is 5.91 Å². The molecule has 0 N–H and O–H groups in total. The van der Waals surface area contributed by atoms with Gasteiger partial charge in [-0.25, -0.2) is 0 Å². The number of piperidine rings is 1. The molecule has 0 radical (unpaired) electrons. The fraction of sp³-hybridized carbons (Fsp3) is 0.500. The highest BCUT2D eigenvalue weighted by atomic mass is 16.5. The normalized spacial score (nSPS) is 17.1. The van der Waals surface area contributed by atoms with E-state index in [9.17, 15) is 4.79 Å². The van der Waals surface area contributed by atoms with Crippen LogP contribution in [0.4, 0.5) is 0 Å². The van der Waals surface area contributed by atoms with Crippen LogP contribution in [0.1, 0.15) is 40.8 Å². The number of rotatable bonds is 5. The van der Waals surface area contributed by atoms with Gasteiger partial charge in [-0.3, -0.25) is 4.79 Å². The molecule has 1 aliphatic rings. The number of aryl methyl sites for hydroxylation is 1. The number of hydrogen-bond donors (Lipinski definition) is 0.